The van der Waals surface area contributed by atoms with Gasteiger partial charge in [0.2, 0.25) is 0 Å². The predicted octanol–water partition coefficient (Wildman–Crippen LogP) is 2.80. The monoisotopic (exact) mass is 165 g/mol. The number of allylic oxidation sites excluding steroid dienone is 2. The van der Waals surface area contributed by atoms with Crippen molar-refractivity contribution in [2.45, 2.75) is 32.2 Å². The molecule has 0 aromatic rings. The van der Waals surface area contributed by atoms with Crippen molar-refractivity contribution in [1.82, 2.24) is 0 Å². The van der Waals surface area contributed by atoms with Gasteiger partial charge >= 0.3 is 0 Å². The molecule has 1 heteroatoms. The highest BCUT2D eigenvalue weighted by Gasteiger charge is 1.98. The maximum Gasteiger partial charge on any atom is 0.0111 e. The molecule has 0 amide bonds. The van der Waals surface area contributed by atoms with Gasteiger partial charge < -0.3 is 5.73 Å². The lowest BCUT2D eigenvalue weighted by molar-refractivity contribution is 0.675. The molecular weight excluding hydrogens is 146 g/mol. The number of nitrogens with two attached hydrogens (primary N) is 1. The van der Waals surface area contributed by atoms with Crippen molar-refractivity contribution in [3.8, 4) is 0 Å². The molecule has 1 nitrogen and oxygen atoms in total. The summed E-state index contributed by atoms with van der Waals surface area (Å²) in [6, 6.07) is 0.226. The second-order valence-electron chi connectivity index (χ2n) is 3.15. The molecule has 0 spiro atoms. The summed E-state index contributed by atoms with van der Waals surface area (Å²) in [5, 5.41) is 0. The van der Waals surface area contributed by atoms with Crippen LogP contribution in [0.1, 0.15) is 26.2 Å². The van der Waals surface area contributed by atoms with E-state index in [-0.39, 0.29) is 6.04 Å². The van der Waals surface area contributed by atoms with Crippen LogP contribution in [0.3, 0.4) is 0 Å². The molecule has 0 aromatic heterocycles. The fraction of sp³-hybridized carbons (Fsp3) is 0.455. The van der Waals surface area contributed by atoms with Gasteiger partial charge in [0, 0.05) is 6.04 Å². The maximum atomic E-state index is 5.82. The van der Waals surface area contributed by atoms with E-state index in [1.807, 2.05) is 13.0 Å². The van der Waals surface area contributed by atoms with Crippen LogP contribution in [0.2, 0.25) is 0 Å². The molecule has 0 aliphatic heterocycles. The van der Waals surface area contributed by atoms with Gasteiger partial charge in [-0.1, -0.05) is 23.8 Å². The van der Waals surface area contributed by atoms with Gasteiger partial charge in [0.15, 0.2) is 0 Å². The topological polar surface area (TPSA) is 26.0 Å². The van der Waals surface area contributed by atoms with Crippen LogP contribution in [0.4, 0.5) is 0 Å². The normalized spacial score (nSPS) is 13.2. The Balaban J connectivity index is 3.48. The Kier molecular flexibility index (Phi) is 6.39. The molecule has 0 radical (unpaired) electrons. The summed E-state index contributed by atoms with van der Waals surface area (Å²) in [6.45, 7) is 9.46. The molecule has 12 heavy (non-hydrogen) atoms. The lowest BCUT2D eigenvalue weighted by atomic mass is 10.1. The molecule has 0 aliphatic rings. The van der Waals surface area contributed by atoms with Crippen LogP contribution < -0.4 is 5.73 Å². The minimum Gasteiger partial charge on any atom is -0.327 e. The van der Waals surface area contributed by atoms with Crippen LogP contribution in [0.25, 0.3) is 0 Å². The summed E-state index contributed by atoms with van der Waals surface area (Å²) >= 11 is 0. The van der Waals surface area contributed by atoms with E-state index in [1.54, 1.807) is 0 Å². The Labute approximate surface area is 75.7 Å². The largest absolute Gasteiger partial charge is 0.327 e. The highest BCUT2D eigenvalue weighted by Crippen LogP contribution is 2.03. The molecule has 1 atom stereocenters. The predicted molar refractivity (Wildman–Crippen MR) is 56.0 cm³/mol. The first-order valence-corrected chi connectivity index (χ1v) is 4.32. The SMILES string of the molecule is C=CC/C=C/CC(N)CC(=C)C. The van der Waals surface area contributed by atoms with Crippen molar-refractivity contribution in [2.75, 3.05) is 0 Å². The third-order valence-corrected chi connectivity index (χ3v) is 1.52. The van der Waals surface area contributed by atoms with Crippen molar-refractivity contribution >= 4 is 0 Å². The average Bonchev–Trinajstić information content (AvgIpc) is 1.97. The zero-order valence-corrected chi connectivity index (χ0v) is 7.92. The fourth-order valence-electron chi connectivity index (χ4n) is 0.994. The highest BCUT2D eigenvalue weighted by molar-refractivity contribution is 4.96. The molecular formula is C11H19N. The van der Waals surface area contributed by atoms with Crippen molar-refractivity contribution in [3.63, 3.8) is 0 Å². The molecule has 0 aliphatic carbocycles. The van der Waals surface area contributed by atoms with Crippen LogP contribution in [0, 0.1) is 0 Å². The van der Waals surface area contributed by atoms with Crippen LogP contribution in [0.5, 0.6) is 0 Å². The minimum atomic E-state index is 0.226. The molecule has 0 saturated carbocycles. The fourth-order valence-corrected chi connectivity index (χ4v) is 0.994. The van der Waals surface area contributed by atoms with Crippen molar-refractivity contribution in [1.29, 1.82) is 0 Å². The molecule has 0 heterocycles. The molecule has 0 fully saturated rings. The highest BCUT2D eigenvalue weighted by atomic mass is 14.6. The number of hydrogen-bond donors (Lipinski definition) is 1. The second-order valence-corrected chi connectivity index (χ2v) is 3.15. The average molecular weight is 165 g/mol. The van der Waals surface area contributed by atoms with E-state index in [2.05, 4.69) is 25.3 Å². The van der Waals surface area contributed by atoms with Gasteiger partial charge in [-0.2, -0.15) is 0 Å². The van der Waals surface area contributed by atoms with Gasteiger partial charge in [0.1, 0.15) is 0 Å². The van der Waals surface area contributed by atoms with Crippen LogP contribution >= 0.6 is 0 Å². The zero-order valence-electron chi connectivity index (χ0n) is 7.92. The first-order chi connectivity index (χ1) is 5.66. The van der Waals surface area contributed by atoms with E-state index in [0.717, 1.165) is 24.8 Å². The van der Waals surface area contributed by atoms with Crippen LogP contribution in [-0.2, 0) is 0 Å². The lowest BCUT2D eigenvalue weighted by Gasteiger charge is -2.07. The molecule has 1 unspecified atom stereocenters. The summed E-state index contributed by atoms with van der Waals surface area (Å²) in [7, 11) is 0. The van der Waals surface area contributed by atoms with Crippen molar-refractivity contribution in [2.24, 2.45) is 5.73 Å². The molecule has 0 saturated heterocycles. The summed E-state index contributed by atoms with van der Waals surface area (Å²) in [4.78, 5) is 0. The number of hydrogen-bond acceptors (Lipinski definition) is 1. The van der Waals surface area contributed by atoms with Crippen LogP contribution in [0.15, 0.2) is 37.0 Å². The van der Waals surface area contributed by atoms with Crippen LogP contribution in [-0.4, -0.2) is 6.04 Å². The Bertz CT molecular complexity index is 168. The van der Waals surface area contributed by atoms with Crippen molar-refractivity contribution in [3.05, 3.63) is 37.0 Å². The van der Waals surface area contributed by atoms with E-state index in [1.165, 1.54) is 0 Å². The summed E-state index contributed by atoms with van der Waals surface area (Å²) < 4.78 is 0. The standard InChI is InChI=1S/C11H19N/c1-4-5-6-7-8-11(12)9-10(2)3/h4,6-7,11H,1-2,5,8-9,12H2,3H3/b7-6+. The van der Waals surface area contributed by atoms with Gasteiger partial charge in [0.25, 0.3) is 0 Å². The Morgan fingerprint density at radius 1 is 1.50 bits per heavy atom. The molecule has 0 rings (SSSR count). The number of rotatable bonds is 6. The third kappa shape index (κ3) is 7.29. The second kappa shape index (κ2) is 6.86. The molecule has 68 valence electrons. The van der Waals surface area contributed by atoms with E-state index in [0.29, 0.717) is 0 Å². The smallest absolute Gasteiger partial charge is 0.0111 e. The minimum absolute atomic E-state index is 0.226. The summed E-state index contributed by atoms with van der Waals surface area (Å²) in [5.74, 6) is 0. The van der Waals surface area contributed by atoms with Gasteiger partial charge in [-0.05, 0) is 26.2 Å². The lowest BCUT2D eigenvalue weighted by Crippen LogP contribution is -2.18. The van der Waals surface area contributed by atoms with Gasteiger partial charge in [-0.15, -0.1) is 13.2 Å². The zero-order chi connectivity index (χ0) is 9.40. The summed E-state index contributed by atoms with van der Waals surface area (Å²) in [6.07, 6.45) is 8.85. The van der Waals surface area contributed by atoms with E-state index in [9.17, 15) is 0 Å². The molecule has 0 aromatic carbocycles. The van der Waals surface area contributed by atoms with Gasteiger partial charge in [0.05, 0.1) is 0 Å². The summed E-state index contributed by atoms with van der Waals surface area (Å²) in [5.41, 5.74) is 6.97. The molecule has 2 N–H and O–H groups in total. The van der Waals surface area contributed by atoms with E-state index >= 15 is 0 Å². The Hall–Kier alpha value is -0.820. The van der Waals surface area contributed by atoms with Crippen molar-refractivity contribution < 1.29 is 0 Å². The van der Waals surface area contributed by atoms with E-state index in [4.69, 9.17) is 5.73 Å². The third-order valence-electron chi connectivity index (χ3n) is 1.52. The maximum absolute atomic E-state index is 5.82. The van der Waals surface area contributed by atoms with Gasteiger partial charge in [-0.25, -0.2) is 0 Å². The van der Waals surface area contributed by atoms with Gasteiger partial charge in [-0.3, -0.25) is 0 Å². The molecule has 0 bridgehead atoms. The Morgan fingerprint density at radius 3 is 2.67 bits per heavy atom. The Morgan fingerprint density at radius 2 is 2.17 bits per heavy atom. The first-order valence-electron chi connectivity index (χ1n) is 4.32. The van der Waals surface area contributed by atoms with E-state index < -0.39 is 0 Å². The first kappa shape index (κ1) is 11.2. The quantitative estimate of drug-likeness (QED) is 0.602.